The number of aromatic nitrogens is 2. The molecule has 4 aromatic rings. The molecule has 0 spiro atoms. The highest BCUT2D eigenvalue weighted by Gasteiger charge is 2.18. The average molecular weight is 466 g/mol. The SMILES string of the molecule is COc1nccc2c(-c3cc(CNCCC(C)C)ccc3Oc3ccc(F)cc3F)cn(C)c12. The molecule has 7 heteroatoms. The number of fused-ring (bicyclic) bond motifs is 1. The van der Waals surface area contributed by atoms with Gasteiger partial charge in [0.2, 0.25) is 5.88 Å². The zero-order valence-electron chi connectivity index (χ0n) is 19.9. The maximum Gasteiger partial charge on any atom is 0.238 e. The van der Waals surface area contributed by atoms with Crippen molar-refractivity contribution < 1.29 is 18.3 Å². The second kappa shape index (κ2) is 10.2. The lowest BCUT2D eigenvalue weighted by Crippen LogP contribution is -2.16. The van der Waals surface area contributed by atoms with Crippen LogP contribution >= 0.6 is 0 Å². The molecule has 0 fully saturated rings. The lowest BCUT2D eigenvalue weighted by Gasteiger charge is -2.14. The number of pyridine rings is 1. The molecule has 5 nitrogen and oxygen atoms in total. The maximum absolute atomic E-state index is 14.4. The summed E-state index contributed by atoms with van der Waals surface area (Å²) in [6.45, 7) is 6.01. The molecule has 0 radical (unpaired) electrons. The highest BCUT2D eigenvalue weighted by atomic mass is 19.1. The van der Waals surface area contributed by atoms with Gasteiger partial charge in [-0.15, -0.1) is 0 Å². The van der Waals surface area contributed by atoms with Crippen LogP contribution in [0.25, 0.3) is 22.0 Å². The van der Waals surface area contributed by atoms with Crippen molar-refractivity contribution >= 4 is 10.9 Å². The van der Waals surface area contributed by atoms with Gasteiger partial charge in [-0.1, -0.05) is 19.9 Å². The van der Waals surface area contributed by atoms with Crippen LogP contribution in [0.1, 0.15) is 25.8 Å². The Hall–Kier alpha value is -3.45. The minimum Gasteiger partial charge on any atom is -0.479 e. The molecule has 1 N–H and O–H groups in total. The van der Waals surface area contributed by atoms with Crippen LogP contribution in [0.2, 0.25) is 0 Å². The van der Waals surface area contributed by atoms with Gasteiger partial charge >= 0.3 is 0 Å². The molecule has 0 unspecified atom stereocenters. The fraction of sp³-hybridized carbons (Fsp3) is 0.296. The van der Waals surface area contributed by atoms with Crippen molar-refractivity contribution in [2.24, 2.45) is 13.0 Å². The number of aryl methyl sites for hydroxylation is 1. The highest BCUT2D eigenvalue weighted by molar-refractivity contribution is 5.99. The third-order valence-electron chi connectivity index (χ3n) is 5.73. The van der Waals surface area contributed by atoms with Crippen molar-refractivity contribution in [1.29, 1.82) is 0 Å². The summed E-state index contributed by atoms with van der Waals surface area (Å²) >= 11 is 0. The van der Waals surface area contributed by atoms with Crippen LogP contribution < -0.4 is 14.8 Å². The minimum atomic E-state index is -0.755. The number of rotatable bonds is 9. The summed E-state index contributed by atoms with van der Waals surface area (Å²) in [6, 6.07) is 11.0. The maximum atomic E-state index is 14.4. The van der Waals surface area contributed by atoms with E-state index in [2.05, 4.69) is 24.1 Å². The molecule has 2 aromatic carbocycles. The Morgan fingerprint density at radius 2 is 1.82 bits per heavy atom. The molecule has 0 amide bonds. The first kappa shape index (κ1) is 23.7. The van der Waals surface area contributed by atoms with Crippen LogP contribution in [0.4, 0.5) is 8.78 Å². The molecule has 4 rings (SSSR count). The van der Waals surface area contributed by atoms with E-state index in [0.29, 0.717) is 24.1 Å². The Bertz CT molecular complexity index is 1300. The van der Waals surface area contributed by atoms with E-state index < -0.39 is 11.6 Å². The monoisotopic (exact) mass is 465 g/mol. The second-order valence-electron chi connectivity index (χ2n) is 8.74. The number of hydrogen-bond donors (Lipinski definition) is 1. The van der Waals surface area contributed by atoms with E-state index in [4.69, 9.17) is 9.47 Å². The number of nitrogens with one attached hydrogen (secondary N) is 1. The van der Waals surface area contributed by atoms with Crippen LogP contribution in [0.5, 0.6) is 17.4 Å². The van der Waals surface area contributed by atoms with Gasteiger partial charge < -0.3 is 19.4 Å². The average Bonchev–Trinajstić information content (AvgIpc) is 3.15. The predicted octanol–water partition coefficient (Wildman–Crippen LogP) is 6.46. The standard InChI is InChI=1S/C27H29F2N3O2/c1-17(2)9-11-30-15-18-5-7-24(34-25-8-6-19(28)14-23(25)29)21(13-18)22-16-32(3)26-20(22)10-12-31-27(26)33-4/h5-8,10,12-14,16-17,30H,9,11,15H2,1-4H3. The molecule has 0 bridgehead atoms. The van der Waals surface area contributed by atoms with Crippen LogP contribution in [0.3, 0.4) is 0 Å². The molecule has 0 saturated carbocycles. The summed E-state index contributed by atoms with van der Waals surface area (Å²) in [6.07, 6.45) is 4.77. The smallest absolute Gasteiger partial charge is 0.238 e. The zero-order chi connectivity index (χ0) is 24.2. The van der Waals surface area contributed by atoms with Crippen molar-refractivity contribution in [3.63, 3.8) is 0 Å². The van der Waals surface area contributed by atoms with Crippen molar-refractivity contribution in [3.05, 3.63) is 72.1 Å². The Kier molecular flexibility index (Phi) is 7.12. The van der Waals surface area contributed by atoms with E-state index in [9.17, 15) is 8.78 Å². The Labute approximate surface area is 198 Å². The molecule has 0 aliphatic carbocycles. The van der Waals surface area contributed by atoms with Crippen molar-refractivity contribution in [2.45, 2.75) is 26.8 Å². The molecular weight excluding hydrogens is 436 g/mol. The third-order valence-corrected chi connectivity index (χ3v) is 5.73. The van der Waals surface area contributed by atoms with Gasteiger partial charge in [0, 0.05) is 48.6 Å². The minimum absolute atomic E-state index is 0.0371. The van der Waals surface area contributed by atoms with Gasteiger partial charge in [0.15, 0.2) is 11.6 Å². The van der Waals surface area contributed by atoms with E-state index in [1.807, 2.05) is 42.1 Å². The van der Waals surface area contributed by atoms with Crippen molar-refractivity contribution in [2.75, 3.05) is 13.7 Å². The van der Waals surface area contributed by atoms with E-state index in [1.54, 1.807) is 13.3 Å². The number of nitrogens with zero attached hydrogens (tertiary/aromatic N) is 2. The van der Waals surface area contributed by atoms with Crippen LogP contribution in [0, 0.1) is 17.6 Å². The summed E-state index contributed by atoms with van der Waals surface area (Å²) in [5.74, 6) is 0.175. The first-order valence-corrected chi connectivity index (χ1v) is 11.3. The van der Waals surface area contributed by atoms with Gasteiger partial charge in [0.25, 0.3) is 0 Å². The van der Waals surface area contributed by atoms with Crippen LogP contribution in [-0.2, 0) is 13.6 Å². The van der Waals surface area contributed by atoms with Gasteiger partial charge in [0.05, 0.1) is 7.11 Å². The van der Waals surface area contributed by atoms with Gasteiger partial charge in [0.1, 0.15) is 17.1 Å². The first-order valence-electron chi connectivity index (χ1n) is 11.3. The van der Waals surface area contributed by atoms with Crippen molar-refractivity contribution in [1.82, 2.24) is 14.9 Å². The number of hydrogen-bond acceptors (Lipinski definition) is 4. The van der Waals surface area contributed by atoms with Crippen molar-refractivity contribution in [3.8, 4) is 28.5 Å². The van der Waals surface area contributed by atoms with Gasteiger partial charge in [-0.2, -0.15) is 0 Å². The molecule has 0 aliphatic rings. The van der Waals surface area contributed by atoms with E-state index >= 15 is 0 Å². The Balaban J connectivity index is 1.78. The lowest BCUT2D eigenvalue weighted by molar-refractivity contribution is 0.401. The zero-order valence-corrected chi connectivity index (χ0v) is 19.9. The molecule has 2 heterocycles. The normalized spacial score (nSPS) is 11.4. The topological polar surface area (TPSA) is 48.3 Å². The van der Waals surface area contributed by atoms with E-state index in [-0.39, 0.29) is 5.75 Å². The van der Waals surface area contributed by atoms with Gasteiger partial charge in [-0.05, 0) is 54.8 Å². The number of ether oxygens (including phenoxy) is 2. The van der Waals surface area contributed by atoms with Gasteiger partial charge in [-0.3, -0.25) is 0 Å². The molecule has 178 valence electrons. The van der Waals surface area contributed by atoms with E-state index in [1.165, 1.54) is 12.1 Å². The Morgan fingerprint density at radius 3 is 2.56 bits per heavy atom. The first-order chi connectivity index (χ1) is 16.4. The van der Waals surface area contributed by atoms with Crippen LogP contribution in [0.15, 0.2) is 54.9 Å². The van der Waals surface area contributed by atoms with Gasteiger partial charge in [-0.25, -0.2) is 13.8 Å². The molecule has 0 aliphatic heterocycles. The predicted molar refractivity (Wildman–Crippen MR) is 130 cm³/mol. The quantitative estimate of drug-likeness (QED) is 0.288. The summed E-state index contributed by atoms with van der Waals surface area (Å²) < 4.78 is 41.1. The molecule has 2 aromatic heterocycles. The highest BCUT2D eigenvalue weighted by Crippen LogP contribution is 2.40. The molecule has 0 atom stereocenters. The third kappa shape index (κ3) is 5.04. The fourth-order valence-electron chi connectivity index (χ4n) is 3.97. The second-order valence-corrected chi connectivity index (χ2v) is 8.74. The molecule has 0 saturated heterocycles. The lowest BCUT2D eigenvalue weighted by atomic mass is 10.0. The fourth-order valence-corrected chi connectivity index (χ4v) is 3.97. The number of methoxy groups -OCH3 is 1. The molecule has 34 heavy (non-hydrogen) atoms. The summed E-state index contributed by atoms with van der Waals surface area (Å²) in [7, 11) is 3.51. The summed E-state index contributed by atoms with van der Waals surface area (Å²) in [5.41, 5.74) is 3.62. The Morgan fingerprint density at radius 1 is 1.03 bits per heavy atom. The summed E-state index contributed by atoms with van der Waals surface area (Å²) in [5, 5.41) is 4.41. The summed E-state index contributed by atoms with van der Waals surface area (Å²) in [4.78, 5) is 4.32. The molecular formula is C27H29F2N3O2. The number of benzene rings is 2. The largest absolute Gasteiger partial charge is 0.479 e. The van der Waals surface area contributed by atoms with Crippen LogP contribution in [-0.4, -0.2) is 23.2 Å². The van der Waals surface area contributed by atoms with E-state index in [0.717, 1.165) is 46.6 Å². The number of halogens is 2.